The molecule has 0 saturated heterocycles. The van der Waals surface area contributed by atoms with Crippen molar-refractivity contribution in [1.29, 1.82) is 0 Å². The van der Waals surface area contributed by atoms with E-state index in [-0.39, 0.29) is 5.56 Å². The summed E-state index contributed by atoms with van der Waals surface area (Å²) in [5.74, 6) is -32.7. The summed E-state index contributed by atoms with van der Waals surface area (Å²) < 4.78 is 29.0. The smallest absolute Gasteiger partial charge is 0.339 e. The molecule has 2 bridgehead atoms. The lowest BCUT2D eigenvalue weighted by atomic mass is 9.73. The Kier molecular flexibility index (Phi) is 11.3. The SMILES string of the molecule is O=C1OC[C@@H](O)[C@H](C2OC(=O)c3cc(O)c(O)c(O)c3-c3c(O)c(O)c(O)c4c3C(=O)O[C@H]2[C@H]4c2c(O)cc(O)c3c2O[C@H](c2cc(O)c(O)c(O)c2)[C@@H](O)C3)OC(=O)c2cc(O)c(O)c(O)c2-c2c1cc(O)c(O)c2O. The first-order valence-corrected chi connectivity index (χ1v) is 22.1. The molecule has 7 atom stereocenters. The highest BCUT2D eigenvalue weighted by molar-refractivity contribution is 6.11. The number of phenolic OH excluding ortho intramolecular Hbond substituents is 17. The molecule has 0 amide bonds. The summed E-state index contributed by atoms with van der Waals surface area (Å²) in [7, 11) is 0. The summed E-state index contributed by atoms with van der Waals surface area (Å²) >= 11 is 0. The second-order valence-corrected chi connectivity index (χ2v) is 17.9. The van der Waals surface area contributed by atoms with Gasteiger partial charge in [0, 0.05) is 57.0 Å². The Morgan fingerprint density at radius 3 is 1.35 bits per heavy atom. The number of aliphatic hydroxyl groups is 2. The van der Waals surface area contributed by atoms with E-state index in [4.69, 9.17) is 23.7 Å². The molecule has 77 heavy (non-hydrogen) atoms. The minimum Gasteiger partial charge on any atom is -0.507 e. The highest BCUT2D eigenvalue weighted by Gasteiger charge is 2.56. The first kappa shape index (κ1) is 50.1. The van der Waals surface area contributed by atoms with E-state index >= 15 is 0 Å². The van der Waals surface area contributed by atoms with Gasteiger partial charge in [-0.3, -0.25) is 0 Å². The number of hydrogen-bond acceptors (Lipinski definition) is 28. The van der Waals surface area contributed by atoms with Gasteiger partial charge in [0.15, 0.2) is 87.7 Å². The topological polar surface area (TPSA) is 499 Å². The normalized spacial score (nSPS) is 21.6. The summed E-state index contributed by atoms with van der Waals surface area (Å²) in [6.45, 7) is -1.46. The molecular weight excluding hydrogens is 1040 g/mol. The van der Waals surface area contributed by atoms with Crippen LogP contribution in [0.5, 0.6) is 103 Å². The highest BCUT2D eigenvalue weighted by Crippen LogP contribution is 2.62. The van der Waals surface area contributed by atoms with Gasteiger partial charge in [0.2, 0.25) is 23.0 Å². The van der Waals surface area contributed by atoms with Crippen LogP contribution in [0.25, 0.3) is 22.3 Å². The molecule has 0 saturated carbocycles. The van der Waals surface area contributed by atoms with E-state index in [9.17, 15) is 116 Å². The summed E-state index contributed by atoms with van der Waals surface area (Å²) in [6, 6.07) is 3.44. The molecule has 4 aliphatic rings. The third kappa shape index (κ3) is 7.28. The number of aromatic hydroxyl groups is 17. The van der Waals surface area contributed by atoms with Crippen molar-refractivity contribution in [3.63, 3.8) is 0 Å². The molecule has 6 aromatic carbocycles. The van der Waals surface area contributed by atoms with Crippen LogP contribution in [0.15, 0.2) is 36.4 Å². The van der Waals surface area contributed by atoms with Gasteiger partial charge >= 0.3 is 23.9 Å². The average Bonchev–Trinajstić information content (AvgIpc) is 3.47. The molecule has 0 fully saturated rings. The standard InChI is InChI=1S/C49H36O28/c50-14-7-15(51)26(42-10(14)3-21(57)41(74-42)9-1-16(52)31(59)17(53)2-9)29-28-30-27(38(66)40(68)39(28)67)25-13(6-20(56)34(62)37(25)65)48(71)77-45(44(29)76-49(30)72)43-22(58)8-73-46(69)11-4-18(54)32(60)35(63)23(11)24-12(47(70)75-43)5-19(55)33(61)36(24)64/h1-2,4-7,21-22,29,41,43-45,50-68H,3,8H2/t21-,22+,29-,41+,43+,44-,45?/m0/s1. The minimum atomic E-state index is -2.81. The fraction of sp³-hybridized carbons (Fsp3) is 0.184. The Morgan fingerprint density at radius 1 is 0.364 bits per heavy atom. The number of rotatable bonds is 3. The number of hydrogen-bond donors (Lipinski definition) is 19. The lowest BCUT2D eigenvalue weighted by Crippen LogP contribution is -2.55. The number of cyclic esters (lactones) is 3. The van der Waals surface area contributed by atoms with Crippen LogP contribution < -0.4 is 4.74 Å². The lowest BCUT2D eigenvalue weighted by Gasteiger charge is -2.43. The number of fused-ring (bicyclic) bond motifs is 8. The molecule has 28 heteroatoms. The van der Waals surface area contributed by atoms with Gasteiger partial charge in [-0.25, -0.2) is 19.2 Å². The van der Waals surface area contributed by atoms with Crippen LogP contribution in [-0.2, 0) is 25.4 Å². The number of benzene rings is 6. The van der Waals surface area contributed by atoms with E-state index in [0.29, 0.717) is 24.3 Å². The maximum Gasteiger partial charge on any atom is 0.339 e. The zero-order valence-corrected chi connectivity index (χ0v) is 38.1. The monoisotopic (exact) mass is 1070 g/mol. The second-order valence-electron chi connectivity index (χ2n) is 17.9. The Labute approximate surface area is 425 Å². The van der Waals surface area contributed by atoms with Gasteiger partial charge in [0.25, 0.3) is 0 Å². The molecular formula is C49H36O28. The van der Waals surface area contributed by atoms with Crippen LogP contribution in [0.2, 0.25) is 0 Å². The Morgan fingerprint density at radius 2 is 0.818 bits per heavy atom. The molecule has 0 spiro atoms. The Balaban J connectivity index is 1.28. The minimum absolute atomic E-state index is 0.311. The van der Waals surface area contributed by atoms with Crippen molar-refractivity contribution in [2.75, 3.05) is 6.61 Å². The molecule has 0 aliphatic carbocycles. The zero-order chi connectivity index (χ0) is 55.9. The van der Waals surface area contributed by atoms with E-state index in [1.54, 1.807) is 0 Å². The van der Waals surface area contributed by atoms with Gasteiger partial charge in [0.1, 0.15) is 30.0 Å². The maximum atomic E-state index is 14.8. The molecule has 28 nitrogen and oxygen atoms in total. The molecule has 400 valence electrons. The molecule has 1 unspecified atom stereocenters. The van der Waals surface area contributed by atoms with Gasteiger partial charge in [-0.15, -0.1) is 0 Å². The van der Waals surface area contributed by atoms with Crippen LogP contribution >= 0.6 is 0 Å². The highest BCUT2D eigenvalue weighted by atomic mass is 16.6. The van der Waals surface area contributed by atoms with E-state index < -0.39 is 244 Å². The maximum absolute atomic E-state index is 14.8. The summed E-state index contributed by atoms with van der Waals surface area (Å²) in [5.41, 5.74) is -11.7. The van der Waals surface area contributed by atoms with Crippen LogP contribution in [-0.4, -0.2) is 158 Å². The van der Waals surface area contributed by atoms with Crippen molar-refractivity contribution in [2.24, 2.45) is 0 Å². The second kappa shape index (κ2) is 17.3. The van der Waals surface area contributed by atoms with E-state index in [0.717, 1.165) is 12.1 Å². The van der Waals surface area contributed by atoms with Crippen LogP contribution in [0.4, 0.5) is 0 Å². The van der Waals surface area contributed by atoms with Crippen molar-refractivity contribution in [2.45, 2.75) is 49.0 Å². The summed E-state index contributed by atoms with van der Waals surface area (Å²) in [4.78, 5) is 58.4. The van der Waals surface area contributed by atoms with Crippen LogP contribution in [0, 0.1) is 0 Å². The van der Waals surface area contributed by atoms with Gasteiger partial charge in [0.05, 0.1) is 34.3 Å². The lowest BCUT2D eigenvalue weighted by molar-refractivity contribution is -0.133. The Hall–Kier alpha value is -10.5. The van der Waals surface area contributed by atoms with E-state index in [2.05, 4.69) is 0 Å². The molecule has 4 aliphatic heterocycles. The van der Waals surface area contributed by atoms with Gasteiger partial charge in [-0.2, -0.15) is 0 Å². The van der Waals surface area contributed by atoms with Crippen LogP contribution in [0.3, 0.4) is 0 Å². The van der Waals surface area contributed by atoms with Crippen molar-refractivity contribution >= 4 is 23.9 Å². The third-order valence-corrected chi connectivity index (χ3v) is 13.5. The van der Waals surface area contributed by atoms with E-state index in [1.165, 1.54) is 0 Å². The van der Waals surface area contributed by atoms with Crippen molar-refractivity contribution in [1.82, 2.24) is 0 Å². The average molecular weight is 1070 g/mol. The van der Waals surface area contributed by atoms with Gasteiger partial charge in [-0.05, 0) is 30.3 Å². The summed E-state index contributed by atoms with van der Waals surface area (Å²) in [6.07, 6.45) is -15.1. The number of carbonyl (C=O) groups is 4. The van der Waals surface area contributed by atoms with E-state index in [1.807, 2.05) is 0 Å². The molecule has 4 heterocycles. The molecule has 0 radical (unpaired) electrons. The first-order chi connectivity index (χ1) is 36.2. The van der Waals surface area contributed by atoms with Crippen molar-refractivity contribution in [3.8, 4) is 126 Å². The number of ether oxygens (including phenoxy) is 5. The summed E-state index contributed by atoms with van der Waals surface area (Å²) in [5, 5.41) is 211. The third-order valence-electron chi connectivity index (χ3n) is 13.5. The fourth-order valence-electron chi connectivity index (χ4n) is 9.96. The number of phenols is 17. The molecule has 0 aromatic heterocycles. The van der Waals surface area contributed by atoms with Crippen molar-refractivity contribution < 1.29 is 140 Å². The first-order valence-electron chi connectivity index (χ1n) is 22.1. The Bertz CT molecular complexity index is 3640. The number of esters is 4. The predicted molar refractivity (Wildman–Crippen MR) is 244 cm³/mol. The molecule has 19 N–H and O–H groups in total. The quantitative estimate of drug-likeness (QED) is 0.0685. The van der Waals surface area contributed by atoms with Crippen LogP contribution in [0.1, 0.15) is 75.7 Å². The molecule has 10 rings (SSSR count). The largest absolute Gasteiger partial charge is 0.507 e. The number of carbonyl (C=O) groups excluding carboxylic acids is 4. The van der Waals surface area contributed by atoms with Gasteiger partial charge in [-0.1, -0.05) is 0 Å². The predicted octanol–water partition coefficient (Wildman–Crippen LogP) is 2.02. The molecule has 6 aromatic rings. The number of aliphatic hydroxyl groups excluding tert-OH is 2. The fourth-order valence-corrected chi connectivity index (χ4v) is 9.96. The van der Waals surface area contributed by atoms with Crippen molar-refractivity contribution in [3.05, 3.63) is 80.9 Å². The van der Waals surface area contributed by atoms with Gasteiger partial charge < -0.3 is 121 Å². The zero-order valence-electron chi connectivity index (χ0n) is 38.1.